The number of carbonyl (C=O) groups excluding carboxylic acids is 3. The maximum absolute atomic E-state index is 13.1. The molecule has 156 valence electrons. The standard InChI is InChI=1S/C22H28N2O5/c1-22(15-7-8-17-18(11-15)29-10-9-28-17)20(26)16(21(27)24-22)12-19(25)23-13-14-5-3-2-4-6-14/h7-8,11,14,16H,2-6,9-10,12-13H2,1H3,(H,23,25)(H,24,27). The number of fused-ring (bicyclic) bond motifs is 1. The van der Waals surface area contributed by atoms with Crippen molar-refractivity contribution in [2.24, 2.45) is 11.8 Å². The average Bonchev–Trinajstić information content (AvgIpc) is 2.96. The van der Waals surface area contributed by atoms with Gasteiger partial charge in [-0.25, -0.2) is 0 Å². The number of amides is 2. The van der Waals surface area contributed by atoms with Crippen molar-refractivity contribution in [1.29, 1.82) is 0 Å². The highest BCUT2D eigenvalue weighted by Crippen LogP contribution is 2.38. The van der Waals surface area contributed by atoms with Gasteiger partial charge in [-0.3, -0.25) is 14.4 Å². The summed E-state index contributed by atoms with van der Waals surface area (Å²) in [5.74, 6) is -0.212. The van der Waals surface area contributed by atoms with E-state index in [0.29, 0.717) is 42.7 Å². The first-order valence-electron chi connectivity index (χ1n) is 10.5. The number of Topliss-reactive ketones (excluding diaryl/α,β-unsaturated/α-hetero) is 1. The molecule has 29 heavy (non-hydrogen) atoms. The van der Waals surface area contributed by atoms with Gasteiger partial charge in [0.1, 0.15) is 24.7 Å². The van der Waals surface area contributed by atoms with Gasteiger partial charge in [-0.1, -0.05) is 25.3 Å². The van der Waals surface area contributed by atoms with Crippen LogP contribution in [0.15, 0.2) is 18.2 Å². The largest absolute Gasteiger partial charge is 0.486 e. The lowest BCUT2D eigenvalue weighted by atomic mass is 9.84. The fourth-order valence-electron chi connectivity index (χ4n) is 4.52. The van der Waals surface area contributed by atoms with Gasteiger partial charge in [-0.2, -0.15) is 0 Å². The van der Waals surface area contributed by atoms with E-state index < -0.39 is 17.4 Å². The number of rotatable bonds is 5. The van der Waals surface area contributed by atoms with Crippen LogP contribution in [-0.2, 0) is 19.9 Å². The van der Waals surface area contributed by atoms with Gasteiger partial charge in [-0.05, 0) is 43.4 Å². The number of carbonyl (C=O) groups is 3. The van der Waals surface area contributed by atoms with Crippen LogP contribution in [0.25, 0.3) is 0 Å². The number of hydrogen-bond donors (Lipinski definition) is 2. The molecule has 2 aliphatic heterocycles. The number of ketones is 1. The topological polar surface area (TPSA) is 93.7 Å². The minimum atomic E-state index is -1.18. The number of nitrogens with one attached hydrogen (secondary N) is 2. The van der Waals surface area contributed by atoms with Crippen LogP contribution in [0.1, 0.15) is 51.0 Å². The maximum atomic E-state index is 13.1. The van der Waals surface area contributed by atoms with Crippen LogP contribution in [0.5, 0.6) is 11.5 Å². The van der Waals surface area contributed by atoms with E-state index in [9.17, 15) is 14.4 Å². The second-order valence-corrected chi connectivity index (χ2v) is 8.40. The highest BCUT2D eigenvalue weighted by Gasteiger charge is 2.51. The number of hydrogen-bond acceptors (Lipinski definition) is 5. The van der Waals surface area contributed by atoms with Crippen LogP contribution >= 0.6 is 0 Å². The molecule has 0 bridgehead atoms. The highest BCUT2D eigenvalue weighted by atomic mass is 16.6. The summed E-state index contributed by atoms with van der Waals surface area (Å²) in [5.41, 5.74) is -0.550. The zero-order valence-electron chi connectivity index (χ0n) is 16.8. The Balaban J connectivity index is 1.42. The minimum Gasteiger partial charge on any atom is -0.486 e. The first kappa shape index (κ1) is 19.7. The van der Waals surface area contributed by atoms with E-state index in [-0.39, 0.29) is 18.1 Å². The predicted octanol–water partition coefficient (Wildman–Crippen LogP) is 2.07. The molecule has 1 aromatic carbocycles. The van der Waals surface area contributed by atoms with Gasteiger partial charge in [0, 0.05) is 13.0 Å². The first-order chi connectivity index (χ1) is 14.0. The minimum absolute atomic E-state index is 0.114. The van der Waals surface area contributed by atoms with E-state index >= 15 is 0 Å². The van der Waals surface area contributed by atoms with Crippen LogP contribution < -0.4 is 20.1 Å². The molecule has 2 amide bonds. The second-order valence-electron chi connectivity index (χ2n) is 8.40. The molecule has 7 nitrogen and oxygen atoms in total. The van der Waals surface area contributed by atoms with Gasteiger partial charge >= 0.3 is 0 Å². The third kappa shape index (κ3) is 3.95. The molecule has 0 aromatic heterocycles. The summed E-state index contributed by atoms with van der Waals surface area (Å²) >= 11 is 0. The Kier molecular flexibility index (Phi) is 5.48. The SMILES string of the molecule is CC1(c2ccc3c(c2)OCCO3)NC(=O)C(CC(=O)NCC2CCCCC2)C1=O. The van der Waals surface area contributed by atoms with Gasteiger partial charge < -0.3 is 20.1 Å². The third-order valence-electron chi connectivity index (χ3n) is 6.32. The lowest BCUT2D eigenvalue weighted by Gasteiger charge is -2.26. The van der Waals surface area contributed by atoms with Gasteiger partial charge in [0.15, 0.2) is 17.3 Å². The quantitative estimate of drug-likeness (QED) is 0.738. The molecular formula is C22H28N2O5. The Bertz CT molecular complexity index is 817. The van der Waals surface area contributed by atoms with Gasteiger partial charge in [-0.15, -0.1) is 0 Å². The van der Waals surface area contributed by atoms with E-state index in [1.165, 1.54) is 19.3 Å². The average molecular weight is 400 g/mol. The molecule has 2 fully saturated rings. The van der Waals surface area contributed by atoms with Crippen molar-refractivity contribution in [2.45, 2.75) is 51.0 Å². The Morgan fingerprint density at radius 3 is 2.62 bits per heavy atom. The molecule has 4 rings (SSSR count). The fourth-order valence-corrected chi connectivity index (χ4v) is 4.52. The molecule has 1 aromatic rings. The van der Waals surface area contributed by atoms with Gasteiger partial charge in [0.2, 0.25) is 11.8 Å². The summed E-state index contributed by atoms with van der Waals surface area (Å²) in [7, 11) is 0. The van der Waals surface area contributed by atoms with Gasteiger partial charge in [0.05, 0.1) is 0 Å². The van der Waals surface area contributed by atoms with E-state index in [2.05, 4.69) is 10.6 Å². The van der Waals surface area contributed by atoms with Crippen LogP contribution in [0, 0.1) is 11.8 Å². The maximum Gasteiger partial charge on any atom is 0.232 e. The van der Waals surface area contributed by atoms with E-state index in [1.807, 2.05) is 0 Å². The van der Waals surface area contributed by atoms with E-state index in [0.717, 1.165) is 12.8 Å². The van der Waals surface area contributed by atoms with Crippen molar-refractivity contribution in [2.75, 3.05) is 19.8 Å². The van der Waals surface area contributed by atoms with Crippen LogP contribution in [-0.4, -0.2) is 37.4 Å². The second kappa shape index (κ2) is 8.05. The molecule has 1 saturated heterocycles. The van der Waals surface area contributed by atoms with E-state index in [4.69, 9.17) is 9.47 Å². The van der Waals surface area contributed by atoms with Crippen LogP contribution in [0.2, 0.25) is 0 Å². The van der Waals surface area contributed by atoms with Crippen LogP contribution in [0.4, 0.5) is 0 Å². The zero-order valence-corrected chi connectivity index (χ0v) is 16.8. The van der Waals surface area contributed by atoms with Crippen LogP contribution in [0.3, 0.4) is 0 Å². The molecule has 3 aliphatic rings. The number of benzene rings is 1. The summed E-state index contributed by atoms with van der Waals surface area (Å²) in [6, 6.07) is 5.24. The molecule has 1 saturated carbocycles. The third-order valence-corrected chi connectivity index (χ3v) is 6.32. The van der Waals surface area contributed by atoms with Crippen molar-refractivity contribution >= 4 is 17.6 Å². The first-order valence-corrected chi connectivity index (χ1v) is 10.5. The molecule has 1 aliphatic carbocycles. The van der Waals surface area contributed by atoms with Crippen molar-refractivity contribution in [3.8, 4) is 11.5 Å². The molecule has 2 atom stereocenters. The van der Waals surface area contributed by atoms with Crippen molar-refractivity contribution in [1.82, 2.24) is 10.6 Å². The van der Waals surface area contributed by atoms with Gasteiger partial charge in [0.25, 0.3) is 0 Å². The molecule has 2 heterocycles. The lowest BCUT2D eigenvalue weighted by molar-refractivity contribution is -0.133. The summed E-state index contributed by atoms with van der Waals surface area (Å²) < 4.78 is 11.1. The Morgan fingerprint density at radius 2 is 1.86 bits per heavy atom. The smallest absolute Gasteiger partial charge is 0.232 e. The van der Waals surface area contributed by atoms with Crippen molar-refractivity contribution in [3.63, 3.8) is 0 Å². The normalized spacial score (nSPS) is 26.9. The molecule has 0 radical (unpaired) electrons. The Morgan fingerprint density at radius 1 is 1.14 bits per heavy atom. The zero-order chi connectivity index (χ0) is 20.4. The predicted molar refractivity (Wildman–Crippen MR) is 106 cm³/mol. The highest BCUT2D eigenvalue weighted by molar-refractivity contribution is 6.14. The lowest BCUT2D eigenvalue weighted by Crippen LogP contribution is -2.40. The summed E-state index contributed by atoms with van der Waals surface area (Å²) in [5, 5.41) is 5.72. The fraction of sp³-hybridized carbons (Fsp3) is 0.591. The Labute approximate surface area is 170 Å². The van der Waals surface area contributed by atoms with Crippen molar-refractivity contribution in [3.05, 3.63) is 23.8 Å². The molecule has 2 N–H and O–H groups in total. The molecule has 2 unspecified atom stereocenters. The number of ether oxygens (including phenoxy) is 2. The summed E-state index contributed by atoms with van der Waals surface area (Å²) in [4.78, 5) is 38.0. The Hall–Kier alpha value is -2.57. The van der Waals surface area contributed by atoms with Crippen molar-refractivity contribution < 1.29 is 23.9 Å². The molecule has 7 heteroatoms. The molecule has 0 spiro atoms. The monoisotopic (exact) mass is 400 g/mol. The van der Waals surface area contributed by atoms with E-state index in [1.54, 1.807) is 25.1 Å². The summed E-state index contributed by atoms with van der Waals surface area (Å²) in [6.45, 7) is 3.23. The molecular weight excluding hydrogens is 372 g/mol. The summed E-state index contributed by atoms with van der Waals surface area (Å²) in [6.07, 6.45) is 5.82.